The Hall–Kier alpha value is -1.94. The van der Waals surface area contributed by atoms with Gasteiger partial charge in [0.2, 0.25) is 0 Å². The second-order valence-corrected chi connectivity index (χ2v) is 33.5. The molecule has 0 aliphatic rings. The van der Waals surface area contributed by atoms with Crippen LogP contribution < -0.4 is 0 Å². The quantitative estimate of drug-likeness (QED) is 0.0222. The molecule has 17 nitrogen and oxygen atoms in total. The van der Waals surface area contributed by atoms with E-state index in [-0.39, 0.29) is 25.7 Å². The zero-order valence-electron chi connectivity index (χ0n) is 66.9. The van der Waals surface area contributed by atoms with Gasteiger partial charge in [0.15, 0.2) is 12.2 Å². The first kappa shape index (κ1) is 100. The predicted octanol–water partition coefficient (Wildman–Crippen LogP) is 25.1. The van der Waals surface area contributed by atoms with Gasteiger partial charge in [-0.3, -0.25) is 37.3 Å². The summed E-state index contributed by atoms with van der Waals surface area (Å²) >= 11 is 0. The lowest BCUT2D eigenvalue weighted by molar-refractivity contribution is -0.161. The van der Waals surface area contributed by atoms with Crippen molar-refractivity contribution in [2.24, 2.45) is 11.8 Å². The summed E-state index contributed by atoms with van der Waals surface area (Å²) in [5.41, 5.74) is 0. The minimum Gasteiger partial charge on any atom is -0.462 e. The fourth-order valence-electron chi connectivity index (χ4n) is 12.9. The van der Waals surface area contributed by atoms with E-state index in [9.17, 15) is 43.2 Å². The average molecular weight is 1490 g/mol. The number of unbranched alkanes of at least 4 members (excludes halogenated alkanes) is 51. The van der Waals surface area contributed by atoms with Crippen molar-refractivity contribution >= 4 is 39.5 Å². The predicted molar refractivity (Wildman–Crippen MR) is 418 cm³/mol. The highest BCUT2D eigenvalue weighted by Crippen LogP contribution is 2.45. The van der Waals surface area contributed by atoms with E-state index in [2.05, 4.69) is 41.5 Å². The number of phosphoric acid groups is 2. The highest BCUT2D eigenvalue weighted by atomic mass is 31.2. The number of phosphoric ester groups is 2. The Morgan fingerprint density at radius 2 is 0.500 bits per heavy atom. The van der Waals surface area contributed by atoms with Gasteiger partial charge in [-0.15, -0.1) is 0 Å². The Balaban J connectivity index is 5.23. The smallest absolute Gasteiger partial charge is 0.462 e. The number of aliphatic hydroxyl groups excluding tert-OH is 1. The number of carbonyl (C=O) groups is 4. The SMILES string of the molecule is CCCCCCCCCCCCCCCCCCCCCCCC(=O)O[C@H](COC(=O)CCCCCCCCCCCCCCCCCCC)COP(=O)(O)OC[C@@H](O)COP(=O)(O)OC[C@@H](COC(=O)CCCCCCCCCCC(C)CC)OC(=O)CCCCCCCCCCCC(C)C. The fraction of sp³-hybridized carbons (Fsp3) is 0.952. The van der Waals surface area contributed by atoms with E-state index in [1.165, 1.54) is 257 Å². The molecule has 0 aromatic carbocycles. The van der Waals surface area contributed by atoms with Crippen LogP contribution in [-0.4, -0.2) is 96.7 Å². The summed E-state index contributed by atoms with van der Waals surface area (Å²) < 4.78 is 68.8. The second kappa shape index (κ2) is 74.5. The average Bonchev–Trinajstić information content (AvgIpc) is 0.925. The summed E-state index contributed by atoms with van der Waals surface area (Å²) in [6.07, 6.45) is 65.3. The molecule has 0 fully saturated rings. The first-order chi connectivity index (χ1) is 49.4. The fourth-order valence-corrected chi connectivity index (χ4v) is 14.4. The van der Waals surface area contributed by atoms with Gasteiger partial charge < -0.3 is 33.8 Å². The summed E-state index contributed by atoms with van der Waals surface area (Å²) in [4.78, 5) is 73.1. The van der Waals surface area contributed by atoms with Crippen LogP contribution in [0.3, 0.4) is 0 Å². The first-order valence-electron chi connectivity index (χ1n) is 43.0. The monoisotopic (exact) mass is 1490 g/mol. The molecule has 0 amide bonds. The summed E-state index contributed by atoms with van der Waals surface area (Å²) in [5.74, 6) is -0.594. The molecular weight excluding hydrogens is 1330 g/mol. The molecule has 0 bridgehead atoms. The van der Waals surface area contributed by atoms with Crippen molar-refractivity contribution in [1.29, 1.82) is 0 Å². The topological polar surface area (TPSA) is 237 Å². The lowest BCUT2D eigenvalue weighted by atomic mass is 9.99. The Labute approximate surface area is 626 Å². The van der Waals surface area contributed by atoms with Crippen LogP contribution in [0.15, 0.2) is 0 Å². The number of carbonyl (C=O) groups excluding carboxylic acids is 4. The Bertz CT molecular complexity index is 1960. The summed E-state index contributed by atoms with van der Waals surface area (Å²) in [5, 5.41) is 10.7. The Morgan fingerprint density at radius 1 is 0.284 bits per heavy atom. The van der Waals surface area contributed by atoms with Crippen LogP contribution in [0.2, 0.25) is 0 Å². The van der Waals surface area contributed by atoms with Gasteiger partial charge >= 0.3 is 39.5 Å². The summed E-state index contributed by atoms with van der Waals surface area (Å²) in [7, 11) is -9.92. The van der Waals surface area contributed by atoms with E-state index in [0.29, 0.717) is 25.7 Å². The minimum atomic E-state index is -4.96. The third-order valence-corrected chi connectivity index (χ3v) is 21.7. The second-order valence-electron chi connectivity index (χ2n) is 30.6. The van der Waals surface area contributed by atoms with Crippen molar-refractivity contribution < 1.29 is 80.2 Å². The van der Waals surface area contributed by atoms with Gasteiger partial charge in [-0.1, -0.05) is 388 Å². The minimum absolute atomic E-state index is 0.105. The van der Waals surface area contributed by atoms with E-state index in [1.54, 1.807) is 0 Å². The van der Waals surface area contributed by atoms with Crippen LogP contribution >= 0.6 is 15.6 Å². The van der Waals surface area contributed by atoms with E-state index < -0.39 is 97.5 Å². The van der Waals surface area contributed by atoms with Gasteiger partial charge in [-0.05, 0) is 37.5 Å². The molecule has 3 unspecified atom stereocenters. The molecule has 0 aliphatic heterocycles. The van der Waals surface area contributed by atoms with Crippen molar-refractivity contribution in [2.75, 3.05) is 39.6 Å². The van der Waals surface area contributed by atoms with Crippen molar-refractivity contribution in [2.45, 2.75) is 458 Å². The molecule has 0 heterocycles. The van der Waals surface area contributed by atoms with Gasteiger partial charge in [-0.2, -0.15) is 0 Å². The van der Waals surface area contributed by atoms with Crippen molar-refractivity contribution in [3.8, 4) is 0 Å². The maximum Gasteiger partial charge on any atom is 0.472 e. The van der Waals surface area contributed by atoms with Crippen LogP contribution in [0.25, 0.3) is 0 Å². The van der Waals surface area contributed by atoms with Crippen LogP contribution in [0, 0.1) is 11.8 Å². The normalized spacial score (nSPS) is 14.1. The Kier molecular flexibility index (Phi) is 73.1. The van der Waals surface area contributed by atoms with E-state index in [4.69, 9.17) is 37.0 Å². The van der Waals surface area contributed by atoms with Crippen LogP contribution in [0.1, 0.15) is 440 Å². The highest BCUT2D eigenvalue weighted by molar-refractivity contribution is 7.47. The summed E-state index contributed by atoms with van der Waals surface area (Å²) in [6, 6.07) is 0. The maximum absolute atomic E-state index is 13.1. The van der Waals surface area contributed by atoms with E-state index >= 15 is 0 Å². The van der Waals surface area contributed by atoms with Crippen LogP contribution in [0.5, 0.6) is 0 Å². The molecule has 0 aliphatic carbocycles. The molecule has 0 aromatic rings. The summed E-state index contributed by atoms with van der Waals surface area (Å²) in [6.45, 7) is 9.62. The van der Waals surface area contributed by atoms with Crippen molar-refractivity contribution in [1.82, 2.24) is 0 Å². The van der Waals surface area contributed by atoms with Gasteiger partial charge in [0.25, 0.3) is 0 Å². The number of hydrogen-bond donors (Lipinski definition) is 3. The van der Waals surface area contributed by atoms with E-state index in [1.807, 2.05) is 0 Å². The molecule has 102 heavy (non-hydrogen) atoms. The van der Waals surface area contributed by atoms with Gasteiger partial charge in [0, 0.05) is 25.7 Å². The number of aliphatic hydroxyl groups is 1. The molecule has 0 spiro atoms. The molecule has 0 aromatic heterocycles. The lowest BCUT2D eigenvalue weighted by Gasteiger charge is -2.21. The zero-order valence-corrected chi connectivity index (χ0v) is 68.7. The zero-order chi connectivity index (χ0) is 74.9. The van der Waals surface area contributed by atoms with Crippen LogP contribution in [-0.2, 0) is 65.4 Å². The number of rotatable bonds is 82. The van der Waals surface area contributed by atoms with Crippen LogP contribution in [0.4, 0.5) is 0 Å². The highest BCUT2D eigenvalue weighted by Gasteiger charge is 2.30. The molecule has 0 saturated heterocycles. The number of esters is 4. The van der Waals surface area contributed by atoms with Gasteiger partial charge in [0.05, 0.1) is 26.4 Å². The number of ether oxygens (including phenoxy) is 4. The molecule has 6 atom stereocenters. The van der Waals surface area contributed by atoms with Crippen molar-refractivity contribution in [3.63, 3.8) is 0 Å². The lowest BCUT2D eigenvalue weighted by Crippen LogP contribution is -2.30. The standard InChI is InChI=1S/C83H162O17P2/c1-7-10-12-14-16-18-20-22-24-26-27-28-29-31-33-35-37-41-49-55-61-67-82(87)99-78(71-93-80(85)65-59-53-47-40-36-34-32-30-25-23-21-19-17-15-13-11-8-2)73-97-101(89,90)95-69-77(84)70-96-102(91,92)98-74-79(100-83(88)68-62-56-50-42-38-39-45-51-57-63-75(4)5)72-94-81(86)66-60-54-48-44-43-46-52-58-64-76(6)9-3/h75-79,84H,7-74H2,1-6H3,(H,89,90)(H,91,92)/t76?,77-,78-,79-/m1/s1. The first-order valence-corrected chi connectivity index (χ1v) is 46.0. The molecule has 0 radical (unpaired) electrons. The molecule has 0 saturated carbocycles. The molecular formula is C83H162O17P2. The third kappa shape index (κ3) is 74.9. The van der Waals surface area contributed by atoms with Gasteiger partial charge in [-0.25, -0.2) is 9.13 Å². The molecule has 606 valence electrons. The molecule has 0 rings (SSSR count). The molecule has 19 heteroatoms. The van der Waals surface area contributed by atoms with Gasteiger partial charge in [0.1, 0.15) is 19.3 Å². The van der Waals surface area contributed by atoms with Crippen molar-refractivity contribution in [3.05, 3.63) is 0 Å². The van der Waals surface area contributed by atoms with E-state index in [0.717, 1.165) is 102 Å². The molecule has 3 N–H and O–H groups in total. The number of hydrogen-bond acceptors (Lipinski definition) is 15. The largest absolute Gasteiger partial charge is 0.472 e. The maximum atomic E-state index is 13.1. The Morgan fingerprint density at radius 3 is 0.745 bits per heavy atom. The third-order valence-electron chi connectivity index (χ3n) is 19.8.